The lowest BCUT2D eigenvalue weighted by Gasteiger charge is -2.31. The summed E-state index contributed by atoms with van der Waals surface area (Å²) in [4.78, 5) is 2.52. The molecule has 0 aromatic heterocycles. The molecule has 1 aliphatic heterocycles. The van der Waals surface area contributed by atoms with E-state index in [1.165, 1.54) is 31.5 Å². The van der Waals surface area contributed by atoms with E-state index in [1.54, 1.807) is 0 Å². The molecule has 1 aromatic rings. The van der Waals surface area contributed by atoms with Crippen LogP contribution in [-0.4, -0.2) is 31.6 Å². The Morgan fingerprint density at radius 3 is 2.63 bits per heavy atom. The third kappa shape index (κ3) is 5.24. The van der Waals surface area contributed by atoms with Crippen molar-refractivity contribution in [3.05, 3.63) is 33.3 Å². The van der Waals surface area contributed by atoms with Gasteiger partial charge in [-0.2, -0.15) is 0 Å². The second-order valence-electron chi connectivity index (χ2n) is 5.03. The summed E-state index contributed by atoms with van der Waals surface area (Å²) in [5.41, 5.74) is 1.30. The molecule has 108 valence electrons. The molecule has 0 spiro atoms. The summed E-state index contributed by atoms with van der Waals surface area (Å²) in [6.07, 6.45) is 2.59. The molecule has 0 radical (unpaired) electrons. The normalized spacial score (nSPS) is 17.2. The molecule has 19 heavy (non-hydrogen) atoms. The van der Waals surface area contributed by atoms with E-state index in [4.69, 9.17) is 11.6 Å². The van der Waals surface area contributed by atoms with Crippen molar-refractivity contribution in [3.8, 4) is 0 Å². The van der Waals surface area contributed by atoms with E-state index >= 15 is 0 Å². The summed E-state index contributed by atoms with van der Waals surface area (Å²) in [5, 5.41) is 4.08. The third-order valence-electron chi connectivity index (χ3n) is 3.59. The third-order valence-corrected chi connectivity index (χ3v) is 4.82. The molecule has 0 unspecified atom stereocenters. The highest BCUT2D eigenvalue weighted by molar-refractivity contribution is 9.10. The molecule has 2 rings (SSSR count). The van der Waals surface area contributed by atoms with Gasteiger partial charge >= 0.3 is 0 Å². The van der Waals surface area contributed by atoms with Gasteiger partial charge in [0.05, 0.1) is 5.02 Å². The monoisotopic (exact) mass is 366 g/mol. The molecule has 1 N–H and O–H groups in total. The van der Waals surface area contributed by atoms with Gasteiger partial charge in [0.1, 0.15) is 0 Å². The number of likely N-dealkylation sites (tertiary alicyclic amines) is 1. The Kier molecular flexibility index (Phi) is 7.70. The largest absolute Gasteiger partial charge is 0.319 e. The molecule has 1 aromatic carbocycles. The van der Waals surface area contributed by atoms with E-state index in [0.29, 0.717) is 0 Å². The van der Waals surface area contributed by atoms with Crippen LogP contribution >= 0.6 is 39.9 Å². The van der Waals surface area contributed by atoms with Gasteiger partial charge in [-0.15, -0.1) is 12.4 Å². The molecule has 0 bridgehead atoms. The van der Waals surface area contributed by atoms with Crippen molar-refractivity contribution in [2.24, 2.45) is 5.92 Å². The molecule has 5 heteroatoms. The first-order valence-corrected chi connectivity index (χ1v) is 7.67. The van der Waals surface area contributed by atoms with Gasteiger partial charge < -0.3 is 5.32 Å². The minimum Gasteiger partial charge on any atom is -0.319 e. The van der Waals surface area contributed by atoms with Gasteiger partial charge in [0.2, 0.25) is 0 Å². The zero-order valence-corrected chi connectivity index (χ0v) is 14.3. The lowest BCUT2D eigenvalue weighted by Crippen LogP contribution is -2.36. The van der Waals surface area contributed by atoms with Crippen molar-refractivity contribution in [1.82, 2.24) is 10.2 Å². The number of benzene rings is 1. The lowest BCUT2D eigenvalue weighted by atomic mass is 9.96. The van der Waals surface area contributed by atoms with Crippen molar-refractivity contribution < 1.29 is 0 Å². The van der Waals surface area contributed by atoms with Crippen molar-refractivity contribution in [2.45, 2.75) is 19.4 Å². The highest BCUT2D eigenvalue weighted by atomic mass is 79.9. The van der Waals surface area contributed by atoms with E-state index in [2.05, 4.69) is 38.3 Å². The maximum absolute atomic E-state index is 6.12. The Morgan fingerprint density at radius 1 is 1.37 bits per heavy atom. The number of piperidine rings is 1. The van der Waals surface area contributed by atoms with Crippen molar-refractivity contribution in [1.29, 1.82) is 0 Å². The Labute approximate surface area is 135 Å². The Bertz CT molecular complexity index is 393. The van der Waals surface area contributed by atoms with Crippen LogP contribution in [0, 0.1) is 5.92 Å². The van der Waals surface area contributed by atoms with Crippen LogP contribution in [0.2, 0.25) is 5.02 Å². The number of nitrogens with zero attached hydrogens (tertiary/aromatic N) is 1. The molecule has 1 saturated heterocycles. The molecule has 1 heterocycles. The van der Waals surface area contributed by atoms with Crippen LogP contribution in [0.25, 0.3) is 0 Å². The van der Waals surface area contributed by atoms with Crippen molar-refractivity contribution in [3.63, 3.8) is 0 Å². The van der Waals surface area contributed by atoms with E-state index in [0.717, 1.165) is 28.5 Å². The second kappa shape index (κ2) is 8.48. The summed E-state index contributed by atoms with van der Waals surface area (Å²) >= 11 is 9.55. The van der Waals surface area contributed by atoms with Gasteiger partial charge in [-0.1, -0.05) is 17.7 Å². The smallest absolute Gasteiger partial charge is 0.0551 e. The number of halogens is 3. The molecule has 0 aliphatic carbocycles. The molecule has 0 atom stereocenters. The average Bonchev–Trinajstić information content (AvgIpc) is 2.37. The van der Waals surface area contributed by atoms with Crippen molar-refractivity contribution in [2.75, 3.05) is 26.7 Å². The van der Waals surface area contributed by atoms with E-state index in [-0.39, 0.29) is 12.4 Å². The Hall–Kier alpha value is 0.200. The minimum absolute atomic E-state index is 0. The summed E-state index contributed by atoms with van der Waals surface area (Å²) in [6.45, 7) is 4.55. The maximum Gasteiger partial charge on any atom is 0.0551 e. The Morgan fingerprint density at radius 2 is 2.05 bits per heavy atom. The number of hydrogen-bond donors (Lipinski definition) is 1. The average molecular weight is 368 g/mol. The molecule has 2 nitrogen and oxygen atoms in total. The fourth-order valence-corrected chi connectivity index (χ4v) is 2.98. The minimum atomic E-state index is 0. The first-order valence-electron chi connectivity index (χ1n) is 6.50. The fraction of sp³-hybridized carbons (Fsp3) is 0.571. The van der Waals surface area contributed by atoms with Crippen LogP contribution < -0.4 is 5.32 Å². The lowest BCUT2D eigenvalue weighted by molar-refractivity contribution is 0.177. The van der Waals surface area contributed by atoms with Gasteiger partial charge in [-0.25, -0.2) is 0 Å². The molecule has 0 saturated carbocycles. The van der Waals surface area contributed by atoms with Gasteiger partial charge in [0, 0.05) is 11.0 Å². The van der Waals surface area contributed by atoms with E-state index < -0.39 is 0 Å². The summed E-state index contributed by atoms with van der Waals surface area (Å²) in [7, 11) is 2.04. The fourth-order valence-electron chi connectivity index (χ4n) is 2.53. The number of rotatable bonds is 4. The molecule has 1 fully saturated rings. The Balaban J connectivity index is 0.00000180. The summed E-state index contributed by atoms with van der Waals surface area (Å²) < 4.78 is 0.973. The van der Waals surface area contributed by atoms with Crippen LogP contribution in [0.15, 0.2) is 22.7 Å². The molecule has 0 amide bonds. The predicted molar refractivity (Wildman–Crippen MR) is 88.3 cm³/mol. The standard InChI is InChI=1S/C14H20BrClN2.ClH/c1-17-9-11-4-6-18(7-5-11)10-12-2-3-13(15)14(16)8-12;/h2-3,8,11,17H,4-7,9-10H2,1H3;1H. The van der Waals surface area contributed by atoms with Crippen LogP contribution in [0.3, 0.4) is 0 Å². The van der Waals surface area contributed by atoms with Crippen LogP contribution in [-0.2, 0) is 6.54 Å². The van der Waals surface area contributed by atoms with Gasteiger partial charge in [0.25, 0.3) is 0 Å². The zero-order chi connectivity index (χ0) is 13.0. The predicted octanol–water partition coefficient (Wildman–Crippen LogP) is 3.96. The van der Waals surface area contributed by atoms with E-state index in [9.17, 15) is 0 Å². The molecular weight excluding hydrogens is 347 g/mol. The van der Waals surface area contributed by atoms with E-state index in [1.807, 2.05) is 13.1 Å². The maximum atomic E-state index is 6.12. The van der Waals surface area contributed by atoms with Gasteiger partial charge in [-0.05, 0) is 79.1 Å². The van der Waals surface area contributed by atoms with Gasteiger partial charge in [0.15, 0.2) is 0 Å². The molecular formula is C14H21BrCl2N2. The summed E-state index contributed by atoms with van der Waals surface area (Å²) in [5.74, 6) is 0.847. The van der Waals surface area contributed by atoms with Crippen LogP contribution in [0.4, 0.5) is 0 Å². The number of hydrogen-bond acceptors (Lipinski definition) is 2. The first-order chi connectivity index (χ1) is 8.69. The highest BCUT2D eigenvalue weighted by Gasteiger charge is 2.18. The molecule has 1 aliphatic rings. The first kappa shape index (κ1) is 17.3. The second-order valence-corrected chi connectivity index (χ2v) is 6.29. The topological polar surface area (TPSA) is 15.3 Å². The zero-order valence-electron chi connectivity index (χ0n) is 11.2. The SMILES string of the molecule is CNCC1CCN(Cc2ccc(Br)c(Cl)c2)CC1.Cl. The van der Waals surface area contributed by atoms with Crippen LogP contribution in [0.1, 0.15) is 18.4 Å². The quantitative estimate of drug-likeness (QED) is 0.866. The van der Waals surface area contributed by atoms with Crippen LogP contribution in [0.5, 0.6) is 0 Å². The van der Waals surface area contributed by atoms with Crippen molar-refractivity contribution >= 4 is 39.9 Å². The highest BCUT2D eigenvalue weighted by Crippen LogP contribution is 2.25. The summed E-state index contributed by atoms with van der Waals surface area (Å²) in [6, 6.07) is 6.24. The van der Waals surface area contributed by atoms with Gasteiger partial charge in [-0.3, -0.25) is 4.90 Å². The number of nitrogens with one attached hydrogen (secondary N) is 1.